The number of carbonyl (C=O) groups excluding carboxylic acids is 1. The molecule has 52 valence electrons. The van der Waals surface area contributed by atoms with E-state index in [-0.39, 0.29) is 17.2 Å². The Hall–Kier alpha value is -0.800. The van der Waals surface area contributed by atoms with Crippen LogP contribution in [-0.4, -0.2) is 9.67 Å². The molecule has 0 radical (unpaired) electrons. The Morgan fingerprint density at radius 1 is 1.30 bits per heavy atom. The summed E-state index contributed by atoms with van der Waals surface area (Å²) in [6, 6.07) is 8.64. The normalized spacial score (nSPS) is 9.30. The van der Waals surface area contributed by atoms with Crippen molar-refractivity contribution in [3.63, 3.8) is 0 Å². The second-order valence-corrected chi connectivity index (χ2v) is 2.30. The van der Waals surface area contributed by atoms with E-state index in [1.54, 1.807) is 24.3 Å². The second-order valence-electron chi connectivity index (χ2n) is 1.74. The first-order chi connectivity index (χ1) is 4.84. The van der Waals surface area contributed by atoms with Gasteiger partial charge in [0.2, 0.25) is 5.12 Å². The fourth-order valence-corrected chi connectivity index (χ4v) is 0.868. The van der Waals surface area contributed by atoms with Crippen LogP contribution in [0.25, 0.3) is 0 Å². The molecule has 0 aromatic heterocycles. The fraction of sp³-hybridized carbons (Fsp3) is 0. The fourth-order valence-electron chi connectivity index (χ4n) is 0.627. The van der Waals surface area contributed by atoms with Crippen LogP contribution in [0.1, 0.15) is 10.4 Å². The topological polar surface area (TPSA) is 37.3 Å². The van der Waals surface area contributed by atoms with E-state index in [2.05, 4.69) is 0 Å². The standard InChI is InChI=1S/C7H6O2S/c8-7(10-9)6-4-2-1-3-5-6/h1-5,9H. The summed E-state index contributed by atoms with van der Waals surface area (Å²) < 4.78 is 8.36. The quantitative estimate of drug-likeness (QED) is 0.629. The van der Waals surface area contributed by atoms with Gasteiger partial charge in [0.25, 0.3) is 0 Å². The van der Waals surface area contributed by atoms with E-state index in [0.717, 1.165) is 0 Å². The summed E-state index contributed by atoms with van der Waals surface area (Å²) >= 11 is 0.239. The third-order valence-electron chi connectivity index (χ3n) is 1.09. The Labute approximate surface area is 63.1 Å². The summed E-state index contributed by atoms with van der Waals surface area (Å²) in [6.45, 7) is 0. The van der Waals surface area contributed by atoms with E-state index in [9.17, 15) is 4.79 Å². The first kappa shape index (κ1) is 7.31. The van der Waals surface area contributed by atoms with Crippen LogP contribution in [-0.2, 0) is 0 Å². The molecule has 0 saturated heterocycles. The Bertz CT molecular complexity index is 220. The predicted molar refractivity (Wildman–Crippen MR) is 41.0 cm³/mol. The highest BCUT2D eigenvalue weighted by atomic mass is 32.2. The largest absolute Gasteiger partial charge is 0.323 e. The maximum absolute atomic E-state index is 10.7. The van der Waals surface area contributed by atoms with Gasteiger partial charge in [-0.15, -0.1) is 0 Å². The monoisotopic (exact) mass is 154 g/mol. The van der Waals surface area contributed by atoms with E-state index in [0.29, 0.717) is 5.56 Å². The lowest BCUT2D eigenvalue weighted by Crippen LogP contribution is -1.89. The summed E-state index contributed by atoms with van der Waals surface area (Å²) in [5, 5.41) is -0.319. The molecule has 0 fully saturated rings. The summed E-state index contributed by atoms with van der Waals surface area (Å²) in [6.07, 6.45) is 0. The summed E-state index contributed by atoms with van der Waals surface area (Å²) in [5.41, 5.74) is 0.523. The molecule has 3 heteroatoms. The van der Waals surface area contributed by atoms with E-state index < -0.39 is 0 Å². The molecule has 1 aromatic carbocycles. The molecule has 0 amide bonds. The van der Waals surface area contributed by atoms with Crippen molar-refractivity contribution in [1.82, 2.24) is 0 Å². The Kier molecular flexibility index (Phi) is 2.48. The molecule has 1 rings (SSSR count). The zero-order valence-electron chi connectivity index (χ0n) is 5.15. The van der Waals surface area contributed by atoms with Crippen molar-refractivity contribution in [2.75, 3.05) is 0 Å². The van der Waals surface area contributed by atoms with Crippen LogP contribution >= 0.6 is 12.0 Å². The molecule has 0 heterocycles. The van der Waals surface area contributed by atoms with E-state index in [4.69, 9.17) is 4.55 Å². The molecule has 0 aliphatic rings. The van der Waals surface area contributed by atoms with Gasteiger partial charge in [-0.05, 0) is 0 Å². The molecule has 1 aromatic rings. The Morgan fingerprint density at radius 3 is 2.40 bits per heavy atom. The van der Waals surface area contributed by atoms with Gasteiger partial charge in [-0.2, -0.15) is 0 Å². The summed E-state index contributed by atoms with van der Waals surface area (Å²) in [4.78, 5) is 10.7. The average Bonchev–Trinajstić information content (AvgIpc) is 2.05. The molecule has 0 atom stereocenters. The van der Waals surface area contributed by atoms with E-state index >= 15 is 0 Å². The zero-order valence-corrected chi connectivity index (χ0v) is 5.97. The molecular formula is C7H6O2S. The smallest absolute Gasteiger partial charge is 0.245 e. The van der Waals surface area contributed by atoms with Gasteiger partial charge in [-0.1, -0.05) is 30.3 Å². The molecule has 2 nitrogen and oxygen atoms in total. The van der Waals surface area contributed by atoms with Crippen LogP contribution in [0.3, 0.4) is 0 Å². The van der Waals surface area contributed by atoms with E-state index in [1.165, 1.54) is 0 Å². The number of hydrogen-bond donors (Lipinski definition) is 1. The maximum atomic E-state index is 10.7. The Morgan fingerprint density at radius 2 is 1.90 bits per heavy atom. The van der Waals surface area contributed by atoms with Crippen LogP contribution in [0.4, 0.5) is 0 Å². The minimum absolute atomic E-state index is 0.239. The maximum Gasteiger partial charge on any atom is 0.245 e. The Balaban J connectivity index is 2.85. The highest BCUT2D eigenvalue weighted by molar-refractivity contribution is 8.09. The van der Waals surface area contributed by atoms with Gasteiger partial charge in [0.15, 0.2) is 0 Å². The molecule has 1 N–H and O–H groups in total. The van der Waals surface area contributed by atoms with Gasteiger partial charge in [0.1, 0.15) is 0 Å². The van der Waals surface area contributed by atoms with Crippen LogP contribution in [0, 0.1) is 0 Å². The third-order valence-corrected chi connectivity index (χ3v) is 1.49. The summed E-state index contributed by atoms with van der Waals surface area (Å²) in [5.74, 6) is 0. The molecule has 0 saturated carbocycles. The van der Waals surface area contributed by atoms with Crippen molar-refractivity contribution >= 4 is 17.2 Å². The van der Waals surface area contributed by atoms with Gasteiger partial charge in [0.05, 0.1) is 12.0 Å². The molecular weight excluding hydrogens is 148 g/mol. The first-order valence-corrected chi connectivity index (χ1v) is 3.52. The van der Waals surface area contributed by atoms with Gasteiger partial charge >= 0.3 is 0 Å². The lowest BCUT2D eigenvalue weighted by atomic mass is 10.2. The van der Waals surface area contributed by atoms with Crippen molar-refractivity contribution in [2.45, 2.75) is 0 Å². The van der Waals surface area contributed by atoms with Crippen LogP contribution in [0.2, 0.25) is 0 Å². The molecule has 0 aliphatic carbocycles. The number of rotatable bonds is 1. The van der Waals surface area contributed by atoms with E-state index in [1.807, 2.05) is 6.07 Å². The SMILES string of the molecule is O=C(SO)c1ccccc1. The van der Waals surface area contributed by atoms with Crippen molar-refractivity contribution in [3.8, 4) is 0 Å². The van der Waals surface area contributed by atoms with Gasteiger partial charge in [0, 0.05) is 5.56 Å². The number of benzene rings is 1. The lowest BCUT2D eigenvalue weighted by molar-refractivity contribution is 0.108. The van der Waals surface area contributed by atoms with Crippen molar-refractivity contribution in [1.29, 1.82) is 0 Å². The summed E-state index contributed by atoms with van der Waals surface area (Å²) in [7, 11) is 0. The van der Waals surface area contributed by atoms with Crippen molar-refractivity contribution in [2.24, 2.45) is 0 Å². The van der Waals surface area contributed by atoms with Gasteiger partial charge < -0.3 is 4.55 Å². The minimum Gasteiger partial charge on any atom is -0.323 e. The predicted octanol–water partition coefficient (Wildman–Crippen LogP) is 2.03. The van der Waals surface area contributed by atoms with Gasteiger partial charge in [-0.3, -0.25) is 4.79 Å². The number of hydrogen-bond acceptors (Lipinski definition) is 3. The molecule has 0 spiro atoms. The van der Waals surface area contributed by atoms with Crippen molar-refractivity contribution in [3.05, 3.63) is 35.9 Å². The van der Waals surface area contributed by atoms with Crippen molar-refractivity contribution < 1.29 is 9.35 Å². The third kappa shape index (κ3) is 1.59. The first-order valence-electron chi connectivity index (χ1n) is 2.75. The highest BCUT2D eigenvalue weighted by Gasteiger charge is 2.01. The zero-order chi connectivity index (χ0) is 7.40. The van der Waals surface area contributed by atoms with Gasteiger partial charge in [-0.25, -0.2) is 0 Å². The molecule has 0 unspecified atom stereocenters. The van der Waals surface area contributed by atoms with Crippen LogP contribution in [0.15, 0.2) is 30.3 Å². The second kappa shape index (κ2) is 3.39. The molecule has 10 heavy (non-hydrogen) atoms. The van der Waals surface area contributed by atoms with Crippen LogP contribution < -0.4 is 0 Å². The minimum atomic E-state index is -0.319. The molecule has 0 aliphatic heterocycles. The number of carbonyl (C=O) groups is 1. The average molecular weight is 154 g/mol. The van der Waals surface area contributed by atoms with Crippen LogP contribution in [0.5, 0.6) is 0 Å². The molecule has 0 bridgehead atoms. The lowest BCUT2D eigenvalue weighted by Gasteiger charge is -1.91. The highest BCUT2D eigenvalue weighted by Crippen LogP contribution is 2.07.